The van der Waals surface area contributed by atoms with Crippen LogP contribution < -0.4 is 0 Å². The van der Waals surface area contributed by atoms with Gasteiger partial charge in [0.2, 0.25) is 5.91 Å². The summed E-state index contributed by atoms with van der Waals surface area (Å²) >= 11 is 0. The van der Waals surface area contributed by atoms with Crippen LogP contribution in [-0.2, 0) is 56.0 Å². The maximum Gasteiger partial charge on any atom is 0.417 e. The van der Waals surface area contributed by atoms with Gasteiger partial charge in [0.15, 0.2) is 18.2 Å². The van der Waals surface area contributed by atoms with E-state index in [-0.39, 0.29) is 38.8 Å². The molecule has 3 aromatic rings. The summed E-state index contributed by atoms with van der Waals surface area (Å²) in [4.78, 5) is 40.3. The Labute approximate surface area is 308 Å². The molecule has 53 heavy (non-hydrogen) atoms. The average Bonchev–Trinajstić information content (AvgIpc) is 3.59. The minimum absolute atomic E-state index is 0.0283. The van der Waals surface area contributed by atoms with Crippen LogP contribution in [0.4, 0.5) is 4.79 Å². The monoisotopic (exact) mass is 727 g/mol. The molecule has 6 rings (SSSR count). The SMILES string of the molecule is CO[C@H]1O[C@H](CO)[C@@H](OCc2ccccc2)[C@H](OCc2ccccc2)[C@@H]1OCCC=C1C=CC(=O)[C@H]([C@H](C)C(=O)N2C(=O)OC[C@@H]2c2ccccc2)O1. The topological polar surface area (TPSA) is 139 Å². The highest BCUT2D eigenvalue weighted by molar-refractivity contribution is 6.01. The molecule has 0 saturated carbocycles. The van der Waals surface area contributed by atoms with Crippen LogP contribution in [0.2, 0.25) is 0 Å². The van der Waals surface area contributed by atoms with Crippen molar-refractivity contribution in [3.05, 3.63) is 132 Å². The number of ether oxygens (including phenoxy) is 7. The Bertz CT molecular complexity index is 1720. The van der Waals surface area contributed by atoms with Crippen LogP contribution in [0, 0.1) is 5.92 Å². The van der Waals surface area contributed by atoms with Crippen molar-refractivity contribution in [3.8, 4) is 0 Å². The molecule has 12 heteroatoms. The number of amides is 2. The number of hydrogen-bond acceptors (Lipinski definition) is 11. The van der Waals surface area contributed by atoms with Gasteiger partial charge in [-0.05, 0) is 48.3 Å². The molecule has 2 amide bonds. The molecule has 0 unspecified atom stereocenters. The number of aliphatic hydroxyl groups is 1. The number of aliphatic hydroxyl groups excluding tert-OH is 1. The van der Waals surface area contributed by atoms with Gasteiger partial charge in [-0.25, -0.2) is 9.69 Å². The summed E-state index contributed by atoms with van der Waals surface area (Å²) in [5.41, 5.74) is 2.66. The van der Waals surface area contributed by atoms with Gasteiger partial charge in [-0.1, -0.05) is 91.0 Å². The Morgan fingerprint density at radius 1 is 0.868 bits per heavy atom. The Kier molecular flexibility index (Phi) is 13.2. The van der Waals surface area contributed by atoms with E-state index in [4.69, 9.17) is 33.2 Å². The lowest BCUT2D eigenvalue weighted by Gasteiger charge is -2.45. The Morgan fingerprint density at radius 2 is 1.49 bits per heavy atom. The number of carbonyl (C=O) groups is 3. The van der Waals surface area contributed by atoms with E-state index >= 15 is 0 Å². The van der Waals surface area contributed by atoms with Gasteiger partial charge >= 0.3 is 6.09 Å². The van der Waals surface area contributed by atoms with Crippen LogP contribution in [0.5, 0.6) is 0 Å². The molecule has 3 aliphatic rings. The van der Waals surface area contributed by atoms with E-state index in [1.807, 2.05) is 91.0 Å². The van der Waals surface area contributed by atoms with Crippen LogP contribution in [0.15, 0.2) is 115 Å². The second-order valence-electron chi connectivity index (χ2n) is 13.0. The fraction of sp³-hybridized carbons (Fsp3) is 0.390. The molecule has 1 N–H and O–H groups in total. The zero-order valence-electron chi connectivity index (χ0n) is 29.7. The highest BCUT2D eigenvalue weighted by Gasteiger charge is 2.49. The van der Waals surface area contributed by atoms with Crippen LogP contribution in [-0.4, -0.2) is 91.5 Å². The smallest absolute Gasteiger partial charge is 0.417 e. The van der Waals surface area contributed by atoms with Crippen molar-refractivity contribution in [2.45, 2.75) is 69.4 Å². The quantitative estimate of drug-likeness (QED) is 0.210. The number of carbonyl (C=O) groups excluding carboxylic acids is 3. The Balaban J connectivity index is 1.12. The van der Waals surface area contributed by atoms with Gasteiger partial charge in [0.05, 0.1) is 32.3 Å². The number of methoxy groups -OCH3 is 1. The normalized spacial score (nSPS) is 27.0. The first kappa shape index (κ1) is 38.0. The lowest BCUT2D eigenvalue weighted by molar-refractivity contribution is -0.319. The van der Waals surface area contributed by atoms with Gasteiger partial charge in [0.25, 0.3) is 0 Å². The third-order valence-corrected chi connectivity index (χ3v) is 9.44. The fourth-order valence-corrected chi connectivity index (χ4v) is 6.62. The molecule has 12 nitrogen and oxygen atoms in total. The van der Waals surface area contributed by atoms with Crippen LogP contribution in [0.3, 0.4) is 0 Å². The van der Waals surface area contributed by atoms with Crippen molar-refractivity contribution in [2.75, 3.05) is 26.9 Å². The molecule has 3 heterocycles. The van der Waals surface area contributed by atoms with Crippen molar-refractivity contribution in [1.29, 1.82) is 0 Å². The lowest BCUT2D eigenvalue weighted by atomic mass is 9.96. The van der Waals surface area contributed by atoms with E-state index in [9.17, 15) is 19.5 Å². The van der Waals surface area contributed by atoms with E-state index in [2.05, 4.69) is 0 Å². The first-order valence-corrected chi connectivity index (χ1v) is 17.7. The van der Waals surface area contributed by atoms with Crippen molar-refractivity contribution < 1.29 is 52.6 Å². The summed E-state index contributed by atoms with van der Waals surface area (Å²) in [5, 5.41) is 10.3. The Morgan fingerprint density at radius 3 is 2.11 bits per heavy atom. The zero-order valence-corrected chi connectivity index (χ0v) is 29.7. The molecule has 3 aromatic carbocycles. The number of cyclic esters (lactones) is 1. The van der Waals surface area contributed by atoms with Crippen molar-refractivity contribution in [3.63, 3.8) is 0 Å². The molecule has 280 valence electrons. The standard InChI is InChI=1S/C41H45NO11/c1-27(39(45)42-32(26-51-41(42)46)30-17-10-5-11-18-30)35-33(44)21-20-31(52-35)19-12-22-48-38-37(50-25-29-15-8-4-9-16-29)36(34(23-43)53-40(38)47-2)49-24-28-13-6-3-7-14-28/h3-11,13-21,27,32,34-38,40,43H,12,22-26H2,1-2H3/t27-,32+,34+,35-,36+,37-,38-,40-/m0/s1. The predicted molar refractivity (Wildman–Crippen MR) is 191 cm³/mol. The molecule has 2 fully saturated rings. The number of ketones is 1. The first-order chi connectivity index (χ1) is 25.9. The first-order valence-electron chi connectivity index (χ1n) is 17.7. The molecule has 0 radical (unpaired) electrons. The van der Waals surface area contributed by atoms with Crippen LogP contribution >= 0.6 is 0 Å². The summed E-state index contributed by atoms with van der Waals surface area (Å²) in [5.74, 6) is -1.54. The van der Waals surface area contributed by atoms with E-state index < -0.39 is 60.8 Å². The van der Waals surface area contributed by atoms with E-state index in [0.717, 1.165) is 21.6 Å². The summed E-state index contributed by atoms with van der Waals surface area (Å²) in [6.07, 6.45) is -0.583. The number of imide groups is 1. The van der Waals surface area contributed by atoms with Crippen molar-refractivity contribution in [1.82, 2.24) is 4.90 Å². The number of rotatable bonds is 15. The minimum Gasteiger partial charge on any atom is -0.482 e. The molecule has 0 aliphatic carbocycles. The average molecular weight is 728 g/mol. The molecule has 2 saturated heterocycles. The van der Waals surface area contributed by atoms with Gasteiger partial charge in [0, 0.05) is 7.11 Å². The summed E-state index contributed by atoms with van der Waals surface area (Å²) in [6, 6.07) is 27.9. The summed E-state index contributed by atoms with van der Waals surface area (Å²) in [6.45, 7) is 1.99. The van der Waals surface area contributed by atoms with E-state index in [1.54, 1.807) is 19.1 Å². The van der Waals surface area contributed by atoms with Gasteiger partial charge < -0.3 is 38.3 Å². The third kappa shape index (κ3) is 9.28. The summed E-state index contributed by atoms with van der Waals surface area (Å²) < 4.78 is 42.3. The van der Waals surface area contributed by atoms with E-state index in [0.29, 0.717) is 12.2 Å². The second-order valence-corrected chi connectivity index (χ2v) is 13.0. The molecular formula is C41H45NO11. The van der Waals surface area contributed by atoms with Crippen LogP contribution in [0.1, 0.15) is 36.1 Å². The van der Waals surface area contributed by atoms with Crippen LogP contribution in [0.25, 0.3) is 0 Å². The number of allylic oxidation sites excluding steroid dienone is 1. The lowest BCUT2D eigenvalue weighted by Crippen LogP contribution is -2.61. The fourth-order valence-electron chi connectivity index (χ4n) is 6.62. The molecular weight excluding hydrogens is 682 g/mol. The zero-order chi connectivity index (χ0) is 37.2. The van der Waals surface area contributed by atoms with Gasteiger partial charge in [-0.15, -0.1) is 0 Å². The number of benzene rings is 3. The molecule has 8 atom stereocenters. The minimum atomic E-state index is -1.14. The molecule has 0 spiro atoms. The van der Waals surface area contributed by atoms with Gasteiger partial charge in [-0.3, -0.25) is 9.59 Å². The third-order valence-electron chi connectivity index (χ3n) is 9.44. The van der Waals surface area contributed by atoms with Crippen molar-refractivity contribution >= 4 is 17.8 Å². The number of nitrogens with zero attached hydrogens (tertiary/aromatic N) is 1. The largest absolute Gasteiger partial charge is 0.482 e. The van der Waals surface area contributed by atoms with E-state index in [1.165, 1.54) is 13.2 Å². The maximum atomic E-state index is 13.6. The summed E-state index contributed by atoms with van der Waals surface area (Å²) in [7, 11) is 1.50. The molecule has 0 aromatic heterocycles. The number of hydrogen-bond donors (Lipinski definition) is 1. The second kappa shape index (κ2) is 18.4. The Hall–Kier alpha value is -4.69. The highest BCUT2D eigenvalue weighted by atomic mass is 16.7. The maximum absolute atomic E-state index is 13.6. The van der Waals surface area contributed by atoms with Crippen molar-refractivity contribution in [2.24, 2.45) is 5.92 Å². The highest BCUT2D eigenvalue weighted by Crippen LogP contribution is 2.33. The van der Waals surface area contributed by atoms with Gasteiger partial charge in [0.1, 0.15) is 42.8 Å². The van der Waals surface area contributed by atoms with Gasteiger partial charge in [-0.2, -0.15) is 0 Å². The molecule has 0 bridgehead atoms. The predicted octanol–water partition coefficient (Wildman–Crippen LogP) is 5.06. The molecule has 3 aliphatic heterocycles.